The maximum atomic E-state index is 13.2. The number of rotatable bonds is 3. The first kappa shape index (κ1) is 17.7. The fourth-order valence-corrected chi connectivity index (χ4v) is 3.23. The molecule has 0 aliphatic carbocycles. The fourth-order valence-electron chi connectivity index (χ4n) is 2.84. The maximum absolute atomic E-state index is 13.2. The third kappa shape index (κ3) is 3.72. The van der Waals surface area contributed by atoms with E-state index in [0.29, 0.717) is 16.6 Å². The van der Waals surface area contributed by atoms with Crippen molar-refractivity contribution in [1.29, 1.82) is 0 Å². The molecule has 3 aromatic rings. The number of amidine groups is 1. The van der Waals surface area contributed by atoms with Crippen LogP contribution in [0.4, 0.5) is 5.69 Å². The Balaban J connectivity index is 1.80. The van der Waals surface area contributed by atoms with Crippen molar-refractivity contribution in [3.63, 3.8) is 0 Å². The molecule has 27 heavy (non-hydrogen) atoms. The van der Waals surface area contributed by atoms with Crippen molar-refractivity contribution >= 4 is 51.0 Å². The van der Waals surface area contributed by atoms with Gasteiger partial charge in [-0.2, -0.15) is 0 Å². The number of amides is 1. The summed E-state index contributed by atoms with van der Waals surface area (Å²) in [5.74, 6) is 0.453. The maximum Gasteiger partial charge on any atom is 0.282 e. The van der Waals surface area contributed by atoms with Crippen molar-refractivity contribution in [3.8, 4) is 0 Å². The lowest BCUT2D eigenvalue weighted by Crippen LogP contribution is -2.32. The van der Waals surface area contributed by atoms with Crippen LogP contribution in [0, 0.1) is 0 Å². The summed E-state index contributed by atoms with van der Waals surface area (Å²) >= 11 is 9.38. The summed E-state index contributed by atoms with van der Waals surface area (Å²) in [5, 5.41) is 0.653. The van der Waals surface area contributed by atoms with Crippen LogP contribution in [0.2, 0.25) is 5.02 Å². The molecule has 132 valence electrons. The Morgan fingerprint density at radius 3 is 2.22 bits per heavy atom. The van der Waals surface area contributed by atoms with E-state index >= 15 is 0 Å². The molecule has 0 radical (unpaired) electrons. The minimum absolute atomic E-state index is 0.161. The summed E-state index contributed by atoms with van der Waals surface area (Å²) in [6, 6.07) is 24.6. The van der Waals surface area contributed by atoms with Gasteiger partial charge in [-0.15, -0.1) is 0 Å². The predicted molar refractivity (Wildman–Crippen MR) is 114 cm³/mol. The average molecular weight is 438 g/mol. The van der Waals surface area contributed by atoms with Crippen LogP contribution >= 0.6 is 27.5 Å². The molecule has 0 N–H and O–H groups in total. The Kier molecular flexibility index (Phi) is 4.92. The first-order chi connectivity index (χ1) is 13.1. The third-order valence-electron chi connectivity index (χ3n) is 4.15. The molecule has 1 heterocycles. The molecule has 0 aromatic heterocycles. The number of anilines is 1. The number of carbonyl (C=O) groups excluding carboxylic acids is 1. The highest BCUT2D eigenvalue weighted by atomic mass is 79.9. The van der Waals surface area contributed by atoms with Crippen LogP contribution in [-0.4, -0.2) is 11.7 Å². The van der Waals surface area contributed by atoms with Gasteiger partial charge in [0.2, 0.25) is 0 Å². The molecule has 0 bridgehead atoms. The van der Waals surface area contributed by atoms with E-state index in [1.807, 2.05) is 66.7 Å². The van der Waals surface area contributed by atoms with Crippen molar-refractivity contribution < 1.29 is 4.79 Å². The van der Waals surface area contributed by atoms with Gasteiger partial charge in [-0.1, -0.05) is 70.0 Å². The van der Waals surface area contributed by atoms with E-state index in [2.05, 4.69) is 20.9 Å². The number of aliphatic imine (C=N–C) groups is 1. The normalized spacial score (nSPS) is 15.3. The van der Waals surface area contributed by atoms with E-state index in [4.69, 9.17) is 11.6 Å². The number of nitrogens with zero attached hydrogens (tertiary/aromatic N) is 2. The van der Waals surface area contributed by atoms with Crippen molar-refractivity contribution in [2.45, 2.75) is 0 Å². The van der Waals surface area contributed by atoms with Gasteiger partial charge in [-0.25, -0.2) is 4.99 Å². The molecular formula is C22H14BrClN2O. The van der Waals surface area contributed by atoms with Gasteiger partial charge in [0.05, 0.1) is 5.69 Å². The summed E-state index contributed by atoms with van der Waals surface area (Å²) in [7, 11) is 0. The van der Waals surface area contributed by atoms with Crippen LogP contribution < -0.4 is 4.90 Å². The molecule has 5 heteroatoms. The second-order valence-electron chi connectivity index (χ2n) is 6.00. The smallest absolute Gasteiger partial charge is 0.266 e. The summed E-state index contributed by atoms with van der Waals surface area (Å²) in [6.07, 6.45) is 1.78. The molecule has 0 unspecified atom stereocenters. The SMILES string of the molecule is O=C1/C(=C\c2ccc(Cl)cc2)N=C(c2ccccc2)N1c1ccc(Br)cc1. The van der Waals surface area contributed by atoms with Gasteiger partial charge < -0.3 is 0 Å². The quantitative estimate of drug-likeness (QED) is 0.467. The van der Waals surface area contributed by atoms with E-state index in [9.17, 15) is 4.79 Å². The first-order valence-electron chi connectivity index (χ1n) is 8.33. The summed E-state index contributed by atoms with van der Waals surface area (Å²) in [4.78, 5) is 19.4. The number of halogens is 2. The van der Waals surface area contributed by atoms with E-state index in [0.717, 1.165) is 21.3 Å². The standard InChI is InChI=1S/C22H14BrClN2O/c23-17-8-12-19(13-9-17)26-21(16-4-2-1-3-5-16)25-20(22(26)27)14-15-6-10-18(24)11-7-15/h1-14H/b20-14+. The Bertz CT molecular complexity index is 1040. The Hall–Kier alpha value is -2.69. The number of carbonyl (C=O) groups is 1. The lowest BCUT2D eigenvalue weighted by molar-refractivity contribution is -0.113. The van der Waals surface area contributed by atoms with Crippen molar-refractivity contribution in [1.82, 2.24) is 0 Å². The largest absolute Gasteiger partial charge is 0.282 e. The highest BCUT2D eigenvalue weighted by Gasteiger charge is 2.32. The van der Waals surface area contributed by atoms with Gasteiger partial charge in [0.1, 0.15) is 11.5 Å². The average Bonchev–Trinajstić information content (AvgIpc) is 3.01. The fraction of sp³-hybridized carbons (Fsp3) is 0. The second-order valence-corrected chi connectivity index (χ2v) is 7.35. The van der Waals surface area contributed by atoms with Gasteiger partial charge >= 0.3 is 0 Å². The van der Waals surface area contributed by atoms with Crippen LogP contribution in [-0.2, 0) is 4.79 Å². The Morgan fingerprint density at radius 1 is 0.889 bits per heavy atom. The Labute approximate surface area is 170 Å². The van der Waals surface area contributed by atoms with Crippen LogP contribution in [0.1, 0.15) is 11.1 Å². The van der Waals surface area contributed by atoms with E-state index < -0.39 is 0 Å². The minimum Gasteiger partial charge on any atom is -0.266 e. The molecule has 1 amide bonds. The van der Waals surface area contributed by atoms with Gasteiger partial charge in [-0.05, 0) is 48.0 Å². The molecule has 1 aliphatic heterocycles. The molecule has 0 atom stereocenters. The summed E-state index contributed by atoms with van der Waals surface area (Å²) < 4.78 is 0.952. The van der Waals surface area contributed by atoms with Crippen LogP contribution in [0.15, 0.2) is 94.0 Å². The lowest BCUT2D eigenvalue weighted by Gasteiger charge is -2.18. The van der Waals surface area contributed by atoms with E-state index in [1.165, 1.54) is 0 Å². The van der Waals surface area contributed by atoms with Crippen molar-refractivity contribution in [2.75, 3.05) is 4.90 Å². The van der Waals surface area contributed by atoms with Crippen molar-refractivity contribution in [2.24, 2.45) is 4.99 Å². The zero-order valence-corrected chi connectivity index (χ0v) is 16.5. The monoisotopic (exact) mass is 436 g/mol. The number of hydrogen-bond acceptors (Lipinski definition) is 2. The van der Waals surface area contributed by atoms with Crippen LogP contribution in [0.5, 0.6) is 0 Å². The van der Waals surface area contributed by atoms with Gasteiger partial charge in [0.15, 0.2) is 0 Å². The van der Waals surface area contributed by atoms with Crippen LogP contribution in [0.25, 0.3) is 6.08 Å². The summed E-state index contributed by atoms with van der Waals surface area (Å²) in [6.45, 7) is 0. The highest BCUT2D eigenvalue weighted by molar-refractivity contribution is 9.10. The van der Waals surface area contributed by atoms with E-state index in [-0.39, 0.29) is 5.91 Å². The molecule has 1 aliphatic rings. The van der Waals surface area contributed by atoms with E-state index in [1.54, 1.807) is 23.1 Å². The highest BCUT2D eigenvalue weighted by Crippen LogP contribution is 2.29. The topological polar surface area (TPSA) is 32.7 Å². The first-order valence-corrected chi connectivity index (χ1v) is 9.50. The van der Waals surface area contributed by atoms with Gasteiger partial charge in [-0.3, -0.25) is 9.69 Å². The third-order valence-corrected chi connectivity index (χ3v) is 4.93. The van der Waals surface area contributed by atoms with Crippen molar-refractivity contribution in [3.05, 3.63) is 105 Å². The molecule has 0 saturated heterocycles. The predicted octanol–water partition coefficient (Wildman–Crippen LogP) is 5.94. The number of hydrogen-bond donors (Lipinski definition) is 0. The lowest BCUT2D eigenvalue weighted by atomic mass is 10.1. The summed E-state index contributed by atoms with van der Waals surface area (Å²) in [5.41, 5.74) is 2.91. The second kappa shape index (κ2) is 7.51. The molecule has 0 fully saturated rings. The molecule has 0 spiro atoms. The molecule has 4 rings (SSSR count). The molecule has 3 nitrogen and oxygen atoms in total. The molecular weight excluding hydrogens is 424 g/mol. The van der Waals surface area contributed by atoms with Crippen LogP contribution in [0.3, 0.4) is 0 Å². The Morgan fingerprint density at radius 2 is 1.56 bits per heavy atom. The van der Waals surface area contributed by atoms with Gasteiger partial charge in [0.25, 0.3) is 5.91 Å². The zero-order chi connectivity index (χ0) is 18.8. The zero-order valence-electron chi connectivity index (χ0n) is 14.1. The number of benzene rings is 3. The molecule has 0 saturated carbocycles. The molecule has 3 aromatic carbocycles. The minimum atomic E-state index is -0.161. The van der Waals surface area contributed by atoms with Gasteiger partial charge in [0, 0.05) is 15.1 Å².